The summed E-state index contributed by atoms with van der Waals surface area (Å²) in [6, 6.07) is 11.5. The number of para-hydroxylation sites is 1. The number of hydrogen-bond donors (Lipinski definition) is 1. The molecule has 0 atom stereocenters. The van der Waals surface area contributed by atoms with Crippen LogP contribution < -0.4 is 0 Å². The quantitative estimate of drug-likeness (QED) is 0.779. The summed E-state index contributed by atoms with van der Waals surface area (Å²) >= 11 is 0. The highest BCUT2D eigenvalue weighted by Crippen LogP contribution is 2.22. The number of benzene rings is 1. The van der Waals surface area contributed by atoms with Gasteiger partial charge < -0.3 is 19.4 Å². The van der Waals surface area contributed by atoms with Crippen LogP contribution in [0.2, 0.25) is 0 Å². The van der Waals surface area contributed by atoms with E-state index in [1.807, 2.05) is 53.0 Å². The van der Waals surface area contributed by atoms with Gasteiger partial charge in [0.05, 0.1) is 5.56 Å². The molecule has 128 valence electrons. The Morgan fingerprint density at radius 3 is 2.28 bits per heavy atom. The average molecular weight is 336 g/mol. The fourth-order valence-electron chi connectivity index (χ4n) is 3.43. The molecule has 1 aromatic carbocycles. The molecule has 1 aliphatic heterocycles. The van der Waals surface area contributed by atoms with E-state index >= 15 is 0 Å². The lowest BCUT2D eigenvalue weighted by Crippen LogP contribution is -2.50. The van der Waals surface area contributed by atoms with Crippen molar-refractivity contribution < 1.29 is 9.59 Å². The molecular formula is C19H20N4O2. The van der Waals surface area contributed by atoms with Crippen LogP contribution in [-0.2, 0) is 7.05 Å². The predicted molar refractivity (Wildman–Crippen MR) is 95.5 cm³/mol. The molecule has 1 saturated heterocycles. The van der Waals surface area contributed by atoms with Crippen LogP contribution in [0, 0.1) is 0 Å². The van der Waals surface area contributed by atoms with E-state index in [2.05, 4.69) is 4.98 Å². The average Bonchev–Trinajstić information content (AvgIpc) is 3.30. The van der Waals surface area contributed by atoms with E-state index in [1.165, 1.54) is 0 Å². The van der Waals surface area contributed by atoms with Gasteiger partial charge in [0.1, 0.15) is 5.69 Å². The smallest absolute Gasteiger partial charge is 0.270 e. The first-order valence-electron chi connectivity index (χ1n) is 8.41. The van der Waals surface area contributed by atoms with Gasteiger partial charge in [0.25, 0.3) is 11.8 Å². The topological polar surface area (TPSA) is 61.3 Å². The summed E-state index contributed by atoms with van der Waals surface area (Å²) in [5, 5.41) is 0.972. The maximum Gasteiger partial charge on any atom is 0.270 e. The monoisotopic (exact) mass is 336 g/mol. The first-order valence-corrected chi connectivity index (χ1v) is 8.41. The van der Waals surface area contributed by atoms with Crippen LogP contribution in [0.3, 0.4) is 0 Å². The Bertz CT molecular complexity index is 918. The third-order valence-corrected chi connectivity index (χ3v) is 4.81. The second-order valence-corrected chi connectivity index (χ2v) is 6.34. The standard InChI is InChI=1S/C19H20N4O2/c1-21-13-15(14-5-2-3-7-17(14)21)18(24)22-9-11-23(12-10-22)19(25)16-6-4-8-20-16/h2-8,13,20H,9-12H2,1H3. The predicted octanol–water partition coefficient (Wildman–Crippen LogP) is 2.10. The maximum absolute atomic E-state index is 12.9. The molecular weight excluding hydrogens is 316 g/mol. The molecule has 2 aromatic heterocycles. The number of fused-ring (bicyclic) bond motifs is 1. The van der Waals surface area contributed by atoms with Crippen LogP contribution in [0.4, 0.5) is 0 Å². The molecule has 1 aliphatic rings. The molecule has 1 fully saturated rings. The lowest BCUT2D eigenvalue weighted by atomic mass is 10.1. The summed E-state index contributed by atoms with van der Waals surface area (Å²) in [6.45, 7) is 2.20. The van der Waals surface area contributed by atoms with Crippen LogP contribution in [0.25, 0.3) is 10.9 Å². The zero-order valence-corrected chi connectivity index (χ0v) is 14.1. The highest BCUT2D eigenvalue weighted by molar-refractivity contribution is 6.07. The summed E-state index contributed by atoms with van der Waals surface area (Å²) in [5.74, 6) is 0.0195. The van der Waals surface area contributed by atoms with Gasteiger partial charge in [-0.2, -0.15) is 0 Å². The van der Waals surface area contributed by atoms with E-state index in [1.54, 1.807) is 17.2 Å². The molecule has 0 saturated carbocycles. The number of rotatable bonds is 2. The number of nitrogens with zero attached hydrogens (tertiary/aromatic N) is 3. The minimum Gasteiger partial charge on any atom is -0.357 e. The molecule has 4 rings (SSSR count). The van der Waals surface area contributed by atoms with Crippen molar-refractivity contribution in [2.45, 2.75) is 0 Å². The number of piperazine rings is 1. The van der Waals surface area contributed by atoms with E-state index in [0.717, 1.165) is 16.5 Å². The summed E-state index contributed by atoms with van der Waals surface area (Å²) in [4.78, 5) is 31.9. The number of nitrogens with one attached hydrogen (secondary N) is 1. The first-order chi connectivity index (χ1) is 12.1. The summed E-state index contributed by atoms with van der Waals surface area (Å²) in [5.41, 5.74) is 2.36. The second kappa shape index (κ2) is 6.12. The fraction of sp³-hybridized carbons (Fsp3) is 0.263. The Morgan fingerprint density at radius 2 is 1.60 bits per heavy atom. The number of carbonyl (C=O) groups excluding carboxylic acids is 2. The minimum absolute atomic E-state index is 0.0118. The van der Waals surface area contributed by atoms with Crippen molar-refractivity contribution in [3.05, 3.63) is 60.0 Å². The molecule has 3 heterocycles. The van der Waals surface area contributed by atoms with Gasteiger partial charge in [-0.25, -0.2) is 0 Å². The van der Waals surface area contributed by atoms with Crippen LogP contribution in [0.5, 0.6) is 0 Å². The Kier molecular flexibility index (Phi) is 3.80. The lowest BCUT2D eigenvalue weighted by molar-refractivity contribution is 0.0533. The fourth-order valence-corrected chi connectivity index (χ4v) is 3.43. The van der Waals surface area contributed by atoms with Gasteiger partial charge in [-0.3, -0.25) is 9.59 Å². The molecule has 0 spiro atoms. The van der Waals surface area contributed by atoms with Gasteiger partial charge in [-0.05, 0) is 18.2 Å². The number of aromatic nitrogens is 2. The van der Waals surface area contributed by atoms with E-state index in [9.17, 15) is 9.59 Å². The highest BCUT2D eigenvalue weighted by Gasteiger charge is 2.27. The number of aryl methyl sites for hydroxylation is 1. The Morgan fingerprint density at radius 1 is 0.920 bits per heavy atom. The summed E-state index contributed by atoms with van der Waals surface area (Å²) < 4.78 is 1.98. The third-order valence-electron chi connectivity index (χ3n) is 4.81. The van der Waals surface area contributed by atoms with Gasteiger partial charge in [0.15, 0.2) is 0 Å². The van der Waals surface area contributed by atoms with Crippen molar-refractivity contribution in [3.8, 4) is 0 Å². The van der Waals surface area contributed by atoms with Gasteiger partial charge in [0.2, 0.25) is 0 Å². The zero-order chi connectivity index (χ0) is 17.4. The highest BCUT2D eigenvalue weighted by atomic mass is 16.2. The molecule has 0 aliphatic carbocycles. The zero-order valence-electron chi connectivity index (χ0n) is 14.1. The molecule has 6 heteroatoms. The van der Waals surface area contributed by atoms with Crippen LogP contribution >= 0.6 is 0 Å². The normalized spacial score (nSPS) is 14.9. The Hall–Kier alpha value is -3.02. The van der Waals surface area contributed by atoms with Crippen molar-refractivity contribution in [2.24, 2.45) is 7.05 Å². The van der Waals surface area contributed by atoms with Crippen molar-refractivity contribution in [2.75, 3.05) is 26.2 Å². The summed E-state index contributed by atoms with van der Waals surface area (Å²) in [7, 11) is 1.95. The first kappa shape index (κ1) is 15.5. The van der Waals surface area contributed by atoms with Crippen LogP contribution in [0.15, 0.2) is 48.8 Å². The van der Waals surface area contributed by atoms with E-state index in [4.69, 9.17) is 0 Å². The molecule has 2 amide bonds. The molecule has 25 heavy (non-hydrogen) atoms. The van der Waals surface area contributed by atoms with Crippen LogP contribution in [0.1, 0.15) is 20.8 Å². The van der Waals surface area contributed by atoms with Crippen molar-refractivity contribution in [1.82, 2.24) is 19.4 Å². The SMILES string of the molecule is Cn1cc(C(=O)N2CCN(C(=O)c3ccc[nH]3)CC2)c2ccccc21. The molecule has 6 nitrogen and oxygen atoms in total. The molecule has 1 N–H and O–H groups in total. The second-order valence-electron chi connectivity index (χ2n) is 6.34. The van der Waals surface area contributed by atoms with Gasteiger partial charge in [0, 0.05) is 56.5 Å². The molecule has 3 aromatic rings. The van der Waals surface area contributed by atoms with Crippen molar-refractivity contribution in [3.63, 3.8) is 0 Å². The van der Waals surface area contributed by atoms with E-state index in [0.29, 0.717) is 31.9 Å². The van der Waals surface area contributed by atoms with E-state index < -0.39 is 0 Å². The Balaban J connectivity index is 1.49. The van der Waals surface area contributed by atoms with Gasteiger partial charge >= 0.3 is 0 Å². The van der Waals surface area contributed by atoms with Crippen molar-refractivity contribution >= 4 is 22.7 Å². The van der Waals surface area contributed by atoms with Crippen LogP contribution in [-0.4, -0.2) is 57.3 Å². The number of hydrogen-bond acceptors (Lipinski definition) is 2. The molecule has 0 radical (unpaired) electrons. The minimum atomic E-state index is -0.0118. The number of H-pyrrole nitrogens is 1. The summed E-state index contributed by atoms with van der Waals surface area (Å²) in [6.07, 6.45) is 3.64. The number of amides is 2. The largest absolute Gasteiger partial charge is 0.357 e. The Labute approximate surface area is 145 Å². The maximum atomic E-state index is 12.9. The van der Waals surface area contributed by atoms with Gasteiger partial charge in [-0.1, -0.05) is 18.2 Å². The van der Waals surface area contributed by atoms with Gasteiger partial charge in [-0.15, -0.1) is 0 Å². The molecule has 0 unspecified atom stereocenters. The molecule has 0 bridgehead atoms. The van der Waals surface area contributed by atoms with E-state index in [-0.39, 0.29) is 11.8 Å². The number of carbonyl (C=O) groups is 2. The number of aromatic amines is 1. The lowest BCUT2D eigenvalue weighted by Gasteiger charge is -2.34. The van der Waals surface area contributed by atoms with Crippen molar-refractivity contribution in [1.29, 1.82) is 0 Å². The third kappa shape index (κ3) is 2.69.